The number of methoxy groups -OCH3 is 1. The zero-order valence-corrected chi connectivity index (χ0v) is 23.6. The van der Waals surface area contributed by atoms with Gasteiger partial charge in [0.1, 0.15) is 11.5 Å². The Hall–Kier alpha value is -4.31. The molecule has 4 aromatic rings. The van der Waals surface area contributed by atoms with Crippen molar-refractivity contribution in [3.05, 3.63) is 70.4 Å². The number of anilines is 2. The van der Waals surface area contributed by atoms with E-state index in [1.165, 1.54) is 17.3 Å². The number of aromatic amines is 1. The number of benzene rings is 1. The fourth-order valence-corrected chi connectivity index (χ4v) is 5.67. The Morgan fingerprint density at radius 3 is 2.61 bits per heavy atom. The summed E-state index contributed by atoms with van der Waals surface area (Å²) in [5.74, 6) is 1.43. The van der Waals surface area contributed by atoms with E-state index in [9.17, 15) is 9.59 Å². The minimum absolute atomic E-state index is 0.0894. The van der Waals surface area contributed by atoms with E-state index in [0.717, 1.165) is 49.8 Å². The summed E-state index contributed by atoms with van der Waals surface area (Å²) in [4.78, 5) is 43.9. The number of nitrogens with zero attached hydrogens (tertiary/aromatic N) is 4. The van der Waals surface area contributed by atoms with Gasteiger partial charge in [0.15, 0.2) is 0 Å². The largest absolute Gasteiger partial charge is 0.480 e. The summed E-state index contributed by atoms with van der Waals surface area (Å²) in [6.07, 6.45) is 9.03. The molecule has 1 aliphatic carbocycles. The number of ether oxygens (including phenoxy) is 1. The maximum atomic E-state index is 12.8. The number of H-pyrrole nitrogens is 1. The van der Waals surface area contributed by atoms with Crippen LogP contribution >= 0.6 is 0 Å². The Bertz CT molecular complexity index is 1640. The smallest absolute Gasteiger partial charge is 0.259 e. The zero-order chi connectivity index (χ0) is 28.5. The highest BCUT2D eigenvalue weighted by Crippen LogP contribution is 2.34. The van der Waals surface area contributed by atoms with Crippen molar-refractivity contribution in [1.82, 2.24) is 30.2 Å². The van der Waals surface area contributed by atoms with Gasteiger partial charge in [-0.05, 0) is 99.3 Å². The lowest BCUT2D eigenvalue weighted by Gasteiger charge is -2.36. The molecule has 2 aliphatic rings. The van der Waals surface area contributed by atoms with Crippen molar-refractivity contribution in [2.75, 3.05) is 25.5 Å². The number of likely N-dealkylation sites (tertiary alicyclic amines) is 1. The Kier molecular flexibility index (Phi) is 7.40. The quantitative estimate of drug-likeness (QED) is 0.295. The highest BCUT2D eigenvalue weighted by atomic mass is 16.5. The van der Waals surface area contributed by atoms with Crippen molar-refractivity contribution in [3.8, 4) is 17.3 Å². The van der Waals surface area contributed by atoms with E-state index >= 15 is 0 Å². The number of amides is 1. The molecule has 2 fully saturated rings. The normalized spacial score (nSPS) is 16.9. The van der Waals surface area contributed by atoms with E-state index in [2.05, 4.69) is 49.5 Å². The number of piperidine rings is 1. The van der Waals surface area contributed by atoms with Crippen LogP contribution in [0, 0.1) is 6.92 Å². The summed E-state index contributed by atoms with van der Waals surface area (Å²) < 4.78 is 5.23. The van der Waals surface area contributed by atoms with Crippen LogP contribution in [0.4, 0.5) is 11.5 Å². The molecule has 4 heterocycles. The number of rotatable bonds is 8. The SMILES string of the molecule is COc1cncc(-c2cc3cc[nH]c(=O)c3c(Nc3ccc(C4CCN(C(C)C(=O)NC5CC5)CC4)c(C)c3)n2)n1. The number of nitrogens with one attached hydrogen (secondary N) is 3. The van der Waals surface area contributed by atoms with Gasteiger partial charge in [-0.15, -0.1) is 0 Å². The summed E-state index contributed by atoms with van der Waals surface area (Å²) in [6.45, 7) is 5.95. The fourth-order valence-electron chi connectivity index (χ4n) is 5.67. The molecule has 3 N–H and O–H groups in total. The molecule has 1 aromatic carbocycles. The maximum Gasteiger partial charge on any atom is 0.259 e. The average Bonchev–Trinajstić information content (AvgIpc) is 3.81. The van der Waals surface area contributed by atoms with Gasteiger partial charge in [0.2, 0.25) is 11.8 Å². The summed E-state index contributed by atoms with van der Waals surface area (Å²) in [5.41, 5.74) is 4.26. The van der Waals surface area contributed by atoms with Gasteiger partial charge in [0.25, 0.3) is 5.56 Å². The number of carbonyl (C=O) groups is 1. The van der Waals surface area contributed by atoms with Gasteiger partial charge in [-0.3, -0.25) is 19.5 Å². The third-order valence-corrected chi connectivity index (χ3v) is 8.19. The minimum atomic E-state index is -0.221. The molecule has 1 saturated heterocycles. The number of hydrogen-bond donors (Lipinski definition) is 3. The van der Waals surface area contributed by atoms with E-state index in [1.54, 1.807) is 19.5 Å². The monoisotopic (exact) mass is 553 g/mol. The molecule has 0 bridgehead atoms. The molecule has 6 rings (SSSR count). The first kappa shape index (κ1) is 26.9. The van der Waals surface area contributed by atoms with Gasteiger partial charge in [0.05, 0.1) is 36.6 Å². The number of aromatic nitrogens is 4. The lowest BCUT2D eigenvalue weighted by atomic mass is 9.86. The van der Waals surface area contributed by atoms with Crippen molar-refractivity contribution in [3.63, 3.8) is 0 Å². The van der Waals surface area contributed by atoms with Crippen molar-refractivity contribution >= 4 is 28.2 Å². The molecule has 1 unspecified atom stereocenters. The van der Waals surface area contributed by atoms with Crippen LogP contribution in [0.2, 0.25) is 0 Å². The fraction of sp³-hybridized carbons (Fsp3) is 0.387. The molecular formula is C31H35N7O3. The number of aryl methyl sites for hydroxylation is 1. The zero-order valence-electron chi connectivity index (χ0n) is 23.6. The maximum absolute atomic E-state index is 12.8. The van der Waals surface area contributed by atoms with Gasteiger partial charge in [-0.2, -0.15) is 0 Å². The second-order valence-electron chi connectivity index (χ2n) is 11.0. The number of carbonyl (C=O) groups excluding carboxylic acids is 1. The van der Waals surface area contributed by atoms with Gasteiger partial charge in [0, 0.05) is 17.9 Å². The lowest BCUT2D eigenvalue weighted by Crippen LogP contribution is -2.48. The minimum Gasteiger partial charge on any atom is -0.480 e. The highest BCUT2D eigenvalue weighted by Gasteiger charge is 2.31. The van der Waals surface area contributed by atoms with Crippen LogP contribution in [0.5, 0.6) is 5.88 Å². The van der Waals surface area contributed by atoms with E-state index in [0.29, 0.717) is 40.4 Å². The summed E-state index contributed by atoms with van der Waals surface area (Å²) in [7, 11) is 1.54. The predicted molar refractivity (Wildman–Crippen MR) is 159 cm³/mol. The predicted octanol–water partition coefficient (Wildman–Crippen LogP) is 4.29. The van der Waals surface area contributed by atoms with Gasteiger partial charge < -0.3 is 20.4 Å². The van der Waals surface area contributed by atoms with Crippen LogP contribution in [0.3, 0.4) is 0 Å². The van der Waals surface area contributed by atoms with Crippen LogP contribution < -0.4 is 20.9 Å². The van der Waals surface area contributed by atoms with Crippen LogP contribution in [0.1, 0.15) is 49.7 Å². The van der Waals surface area contributed by atoms with Crippen LogP contribution in [-0.2, 0) is 4.79 Å². The molecule has 41 heavy (non-hydrogen) atoms. The van der Waals surface area contributed by atoms with Crippen LogP contribution in [0.25, 0.3) is 22.2 Å². The molecule has 0 spiro atoms. The highest BCUT2D eigenvalue weighted by molar-refractivity contribution is 5.95. The van der Waals surface area contributed by atoms with Crippen molar-refractivity contribution < 1.29 is 9.53 Å². The first-order chi connectivity index (χ1) is 19.9. The molecule has 0 radical (unpaired) electrons. The van der Waals surface area contributed by atoms with Gasteiger partial charge >= 0.3 is 0 Å². The van der Waals surface area contributed by atoms with Gasteiger partial charge in [-0.25, -0.2) is 9.97 Å². The second kappa shape index (κ2) is 11.3. The summed E-state index contributed by atoms with van der Waals surface area (Å²) in [5, 5.41) is 7.74. The van der Waals surface area contributed by atoms with Crippen molar-refractivity contribution in [2.24, 2.45) is 0 Å². The van der Waals surface area contributed by atoms with Crippen LogP contribution in [-0.4, -0.2) is 63.0 Å². The summed E-state index contributed by atoms with van der Waals surface area (Å²) >= 11 is 0. The van der Waals surface area contributed by atoms with E-state index < -0.39 is 0 Å². The van der Waals surface area contributed by atoms with E-state index in [-0.39, 0.29) is 17.5 Å². The molecular weight excluding hydrogens is 518 g/mol. The standard InChI is InChI=1S/C31H35N7O3/c1-18-14-23(6-7-24(18)20-9-12-38(13-10-20)19(2)30(39)35-22-4-5-22)34-29-28-21(8-11-33-31(28)40)15-25(37-29)26-16-32-17-27(36-26)41-3/h6-8,11,14-17,19-20,22H,4-5,9-10,12-13H2,1-3H3,(H,33,40)(H,34,37)(H,35,39). The van der Waals surface area contributed by atoms with Crippen molar-refractivity contribution in [1.29, 1.82) is 0 Å². The Morgan fingerprint density at radius 1 is 1.07 bits per heavy atom. The third kappa shape index (κ3) is 5.78. The van der Waals surface area contributed by atoms with E-state index in [4.69, 9.17) is 9.72 Å². The Morgan fingerprint density at radius 2 is 1.88 bits per heavy atom. The van der Waals surface area contributed by atoms with Crippen LogP contribution in [0.15, 0.2) is 53.7 Å². The third-order valence-electron chi connectivity index (χ3n) is 8.19. The molecule has 1 atom stereocenters. The Labute approximate surface area is 238 Å². The molecule has 3 aromatic heterocycles. The Balaban J connectivity index is 1.21. The molecule has 1 amide bonds. The van der Waals surface area contributed by atoms with Crippen molar-refractivity contribution in [2.45, 2.75) is 57.5 Å². The molecule has 10 nitrogen and oxygen atoms in total. The second-order valence-corrected chi connectivity index (χ2v) is 11.0. The number of fused-ring (bicyclic) bond motifs is 1. The lowest BCUT2D eigenvalue weighted by molar-refractivity contribution is -0.126. The topological polar surface area (TPSA) is 125 Å². The number of pyridine rings is 2. The molecule has 10 heteroatoms. The molecule has 212 valence electrons. The van der Waals surface area contributed by atoms with Gasteiger partial charge in [-0.1, -0.05) is 6.07 Å². The summed E-state index contributed by atoms with van der Waals surface area (Å²) in [6, 6.07) is 10.3. The molecule has 1 aliphatic heterocycles. The number of hydrogen-bond acceptors (Lipinski definition) is 8. The first-order valence-corrected chi connectivity index (χ1v) is 14.2. The van der Waals surface area contributed by atoms with E-state index in [1.807, 2.05) is 25.1 Å². The first-order valence-electron chi connectivity index (χ1n) is 14.2. The molecule has 1 saturated carbocycles. The average molecular weight is 554 g/mol.